The van der Waals surface area contributed by atoms with Gasteiger partial charge in [-0.05, 0) is 18.2 Å². The van der Waals surface area contributed by atoms with Crippen molar-refractivity contribution >= 4 is 29.4 Å². The fourth-order valence-corrected chi connectivity index (χ4v) is 3.18. The average Bonchev–Trinajstić information content (AvgIpc) is 2.85. The molecule has 4 N–H and O–H groups in total. The standard InChI is InChI=1S/C17H23FN6O4/c1-11(25)20-9-13-10-23(17(27)28-13)12-2-3-15(14(18)8-12)22-5-4-21-24(7-6-22)16(19)26/h2-3,8,13,21H,4-7,9-10H2,1H3,(H2,19,26)(H,20,25)/t13-/m0/s1. The van der Waals surface area contributed by atoms with Gasteiger partial charge in [-0.2, -0.15) is 0 Å². The van der Waals surface area contributed by atoms with Crippen molar-refractivity contribution in [1.29, 1.82) is 0 Å². The molecule has 28 heavy (non-hydrogen) atoms. The van der Waals surface area contributed by atoms with Crippen LogP contribution in [0.5, 0.6) is 0 Å². The van der Waals surface area contributed by atoms with Crippen LogP contribution in [0.15, 0.2) is 18.2 Å². The van der Waals surface area contributed by atoms with E-state index >= 15 is 0 Å². The van der Waals surface area contributed by atoms with Crippen LogP contribution < -0.4 is 26.3 Å². The molecule has 0 aliphatic carbocycles. The number of carbonyl (C=O) groups excluding carboxylic acids is 3. The molecule has 0 radical (unpaired) electrons. The summed E-state index contributed by atoms with van der Waals surface area (Å²) in [6, 6.07) is 3.93. The number of anilines is 2. The van der Waals surface area contributed by atoms with Crippen LogP contribution in [0, 0.1) is 5.82 Å². The van der Waals surface area contributed by atoms with E-state index < -0.39 is 24.0 Å². The highest BCUT2D eigenvalue weighted by Gasteiger charge is 2.33. The van der Waals surface area contributed by atoms with Gasteiger partial charge in [0, 0.05) is 26.6 Å². The fourth-order valence-electron chi connectivity index (χ4n) is 3.18. The normalized spacial score (nSPS) is 20.0. The molecule has 3 rings (SSSR count). The SMILES string of the molecule is CC(=O)NC[C@H]1CN(c2ccc(N3CCNN(C(N)=O)CC3)c(F)c2)C(=O)O1. The predicted molar refractivity (Wildman–Crippen MR) is 99.2 cm³/mol. The number of ether oxygens (including phenoxy) is 1. The molecule has 2 heterocycles. The number of carbonyl (C=O) groups is 3. The maximum absolute atomic E-state index is 14.8. The number of cyclic esters (lactones) is 1. The summed E-state index contributed by atoms with van der Waals surface area (Å²) in [4.78, 5) is 37.5. The Hall–Kier alpha value is -3.08. The summed E-state index contributed by atoms with van der Waals surface area (Å²) in [7, 11) is 0. The van der Waals surface area contributed by atoms with E-state index in [1.165, 1.54) is 22.9 Å². The Kier molecular flexibility index (Phi) is 5.83. The molecule has 4 amide bonds. The summed E-state index contributed by atoms with van der Waals surface area (Å²) in [5.74, 6) is -0.699. The van der Waals surface area contributed by atoms with Crippen LogP contribution >= 0.6 is 0 Å². The Balaban J connectivity index is 1.68. The number of halogens is 1. The van der Waals surface area contributed by atoms with Crippen molar-refractivity contribution in [3.63, 3.8) is 0 Å². The Morgan fingerprint density at radius 1 is 1.36 bits per heavy atom. The number of nitrogens with two attached hydrogens (primary N) is 1. The Morgan fingerprint density at radius 2 is 2.14 bits per heavy atom. The molecule has 2 saturated heterocycles. The smallest absolute Gasteiger partial charge is 0.414 e. The van der Waals surface area contributed by atoms with Crippen molar-refractivity contribution in [2.75, 3.05) is 49.1 Å². The summed E-state index contributed by atoms with van der Waals surface area (Å²) in [5, 5.41) is 3.89. The number of hydrogen-bond donors (Lipinski definition) is 3. The van der Waals surface area contributed by atoms with Gasteiger partial charge in [0.25, 0.3) is 0 Å². The Morgan fingerprint density at radius 3 is 2.82 bits per heavy atom. The van der Waals surface area contributed by atoms with Gasteiger partial charge in [0.05, 0.1) is 31.0 Å². The molecule has 10 nitrogen and oxygen atoms in total. The topological polar surface area (TPSA) is 120 Å². The summed E-state index contributed by atoms with van der Waals surface area (Å²) in [5.41, 5.74) is 8.90. The van der Waals surface area contributed by atoms with E-state index in [4.69, 9.17) is 10.5 Å². The number of hydrogen-bond acceptors (Lipinski definition) is 6. The lowest BCUT2D eigenvalue weighted by Gasteiger charge is -2.24. The molecule has 2 aliphatic rings. The monoisotopic (exact) mass is 394 g/mol. The van der Waals surface area contributed by atoms with E-state index in [9.17, 15) is 18.8 Å². The molecule has 2 aliphatic heterocycles. The minimum Gasteiger partial charge on any atom is -0.442 e. The zero-order valence-electron chi connectivity index (χ0n) is 15.5. The van der Waals surface area contributed by atoms with Gasteiger partial charge in [-0.15, -0.1) is 0 Å². The second-order valence-electron chi connectivity index (χ2n) is 6.57. The van der Waals surface area contributed by atoms with Gasteiger partial charge in [-0.1, -0.05) is 0 Å². The van der Waals surface area contributed by atoms with E-state index in [1.807, 2.05) is 0 Å². The molecule has 0 bridgehead atoms. The molecule has 0 unspecified atom stereocenters. The number of nitrogens with one attached hydrogen (secondary N) is 2. The molecule has 0 aromatic heterocycles. The summed E-state index contributed by atoms with van der Waals surface area (Å²) in [6.45, 7) is 3.46. The van der Waals surface area contributed by atoms with Gasteiger partial charge >= 0.3 is 12.1 Å². The van der Waals surface area contributed by atoms with Crippen LogP contribution in [0.2, 0.25) is 0 Å². The molecule has 1 atom stereocenters. The molecule has 152 valence electrons. The van der Waals surface area contributed by atoms with Crippen molar-refractivity contribution in [1.82, 2.24) is 15.8 Å². The van der Waals surface area contributed by atoms with Crippen molar-refractivity contribution in [2.24, 2.45) is 5.73 Å². The Bertz CT molecular complexity index is 776. The molecular formula is C17H23FN6O4. The fraction of sp³-hybridized carbons (Fsp3) is 0.471. The van der Waals surface area contributed by atoms with Gasteiger partial charge in [-0.25, -0.2) is 19.4 Å². The highest BCUT2D eigenvalue weighted by atomic mass is 19.1. The van der Waals surface area contributed by atoms with Gasteiger partial charge in [0.2, 0.25) is 5.91 Å². The third-order valence-corrected chi connectivity index (χ3v) is 4.58. The summed E-state index contributed by atoms with van der Waals surface area (Å²) < 4.78 is 19.9. The molecule has 1 aromatic carbocycles. The van der Waals surface area contributed by atoms with E-state index in [1.54, 1.807) is 17.0 Å². The average molecular weight is 394 g/mol. The van der Waals surface area contributed by atoms with Crippen LogP contribution in [0.25, 0.3) is 0 Å². The number of rotatable bonds is 4. The first kappa shape index (κ1) is 19.7. The Labute approximate surface area is 161 Å². The zero-order chi connectivity index (χ0) is 20.3. The molecular weight excluding hydrogens is 371 g/mol. The first-order valence-corrected chi connectivity index (χ1v) is 8.92. The highest BCUT2D eigenvalue weighted by Crippen LogP contribution is 2.28. The first-order chi connectivity index (χ1) is 13.3. The van der Waals surface area contributed by atoms with Crippen LogP contribution in [0.4, 0.5) is 25.4 Å². The summed E-state index contributed by atoms with van der Waals surface area (Å²) in [6.07, 6.45) is -1.07. The molecule has 0 saturated carbocycles. The third-order valence-electron chi connectivity index (χ3n) is 4.58. The highest BCUT2D eigenvalue weighted by molar-refractivity contribution is 5.90. The maximum Gasteiger partial charge on any atom is 0.414 e. The lowest BCUT2D eigenvalue weighted by atomic mass is 10.2. The number of amides is 4. The van der Waals surface area contributed by atoms with Crippen LogP contribution in [0.3, 0.4) is 0 Å². The molecule has 0 spiro atoms. The van der Waals surface area contributed by atoms with Gasteiger partial charge < -0.3 is 20.7 Å². The molecule has 2 fully saturated rings. The van der Waals surface area contributed by atoms with Crippen LogP contribution in [0.1, 0.15) is 6.92 Å². The minimum atomic E-state index is -0.585. The second-order valence-corrected chi connectivity index (χ2v) is 6.57. The molecule has 1 aromatic rings. The van der Waals surface area contributed by atoms with Crippen molar-refractivity contribution in [3.05, 3.63) is 24.0 Å². The first-order valence-electron chi connectivity index (χ1n) is 8.92. The van der Waals surface area contributed by atoms with Crippen molar-refractivity contribution in [2.45, 2.75) is 13.0 Å². The largest absolute Gasteiger partial charge is 0.442 e. The minimum absolute atomic E-state index is 0.204. The van der Waals surface area contributed by atoms with Crippen LogP contribution in [-0.4, -0.2) is 68.4 Å². The summed E-state index contributed by atoms with van der Waals surface area (Å²) >= 11 is 0. The number of primary amides is 1. The van der Waals surface area contributed by atoms with E-state index in [2.05, 4.69) is 10.7 Å². The third kappa shape index (κ3) is 4.42. The van der Waals surface area contributed by atoms with Crippen LogP contribution in [-0.2, 0) is 9.53 Å². The quantitative estimate of drug-likeness (QED) is 0.661. The number of benzene rings is 1. The van der Waals surface area contributed by atoms with Gasteiger partial charge in [0.1, 0.15) is 11.9 Å². The van der Waals surface area contributed by atoms with E-state index in [0.29, 0.717) is 37.6 Å². The lowest BCUT2D eigenvalue weighted by Crippen LogP contribution is -2.46. The number of hydrazine groups is 1. The van der Waals surface area contributed by atoms with E-state index in [-0.39, 0.29) is 19.0 Å². The molecule has 11 heteroatoms. The lowest BCUT2D eigenvalue weighted by molar-refractivity contribution is -0.119. The van der Waals surface area contributed by atoms with Gasteiger partial charge in [-0.3, -0.25) is 14.7 Å². The zero-order valence-corrected chi connectivity index (χ0v) is 15.5. The van der Waals surface area contributed by atoms with E-state index in [0.717, 1.165) is 0 Å². The van der Waals surface area contributed by atoms with Crippen molar-refractivity contribution in [3.8, 4) is 0 Å². The second kappa shape index (κ2) is 8.30. The number of urea groups is 1. The number of nitrogens with zero attached hydrogens (tertiary/aromatic N) is 3. The van der Waals surface area contributed by atoms with Crippen molar-refractivity contribution < 1.29 is 23.5 Å². The predicted octanol–water partition coefficient (Wildman–Crippen LogP) is -0.00770. The van der Waals surface area contributed by atoms with Gasteiger partial charge in [0.15, 0.2) is 0 Å². The maximum atomic E-state index is 14.8.